The van der Waals surface area contributed by atoms with E-state index in [2.05, 4.69) is 0 Å². The molecule has 1 saturated carbocycles. The van der Waals surface area contributed by atoms with E-state index >= 15 is 0 Å². The SMILES string of the molecule is C/C=C/[C@@H]1C(=O)[C@H]1C. The Labute approximate surface area is 49.4 Å². The molecule has 0 heterocycles. The first kappa shape index (κ1) is 5.54. The molecule has 1 fully saturated rings. The molecule has 8 heavy (non-hydrogen) atoms. The van der Waals surface area contributed by atoms with E-state index in [9.17, 15) is 4.79 Å². The summed E-state index contributed by atoms with van der Waals surface area (Å²) in [5, 5.41) is 0. The summed E-state index contributed by atoms with van der Waals surface area (Å²) in [7, 11) is 0. The van der Waals surface area contributed by atoms with E-state index in [0.29, 0.717) is 11.7 Å². The van der Waals surface area contributed by atoms with Crippen LogP contribution in [0, 0.1) is 11.8 Å². The third kappa shape index (κ3) is 0.683. The van der Waals surface area contributed by atoms with Crippen molar-refractivity contribution in [1.82, 2.24) is 0 Å². The third-order valence-corrected chi connectivity index (χ3v) is 1.61. The fraction of sp³-hybridized carbons (Fsp3) is 0.571. The van der Waals surface area contributed by atoms with Gasteiger partial charge in [0.1, 0.15) is 5.78 Å². The average molecular weight is 110 g/mol. The lowest BCUT2D eigenvalue weighted by Gasteiger charge is -1.72. The van der Waals surface area contributed by atoms with Gasteiger partial charge in [-0.3, -0.25) is 4.79 Å². The minimum Gasteiger partial charge on any atom is -0.299 e. The summed E-state index contributed by atoms with van der Waals surface area (Å²) >= 11 is 0. The van der Waals surface area contributed by atoms with Gasteiger partial charge in [0.05, 0.1) is 0 Å². The van der Waals surface area contributed by atoms with Gasteiger partial charge in [0, 0.05) is 11.8 Å². The lowest BCUT2D eigenvalue weighted by Crippen LogP contribution is -1.66. The zero-order chi connectivity index (χ0) is 6.15. The van der Waals surface area contributed by atoms with Crippen LogP contribution in [0.2, 0.25) is 0 Å². The Morgan fingerprint density at radius 1 is 1.62 bits per heavy atom. The highest BCUT2D eigenvalue weighted by molar-refractivity contribution is 6.00. The monoisotopic (exact) mass is 110 g/mol. The third-order valence-electron chi connectivity index (χ3n) is 1.61. The van der Waals surface area contributed by atoms with Crippen molar-refractivity contribution in [2.75, 3.05) is 0 Å². The van der Waals surface area contributed by atoms with E-state index in [0.717, 1.165) is 0 Å². The molecule has 0 saturated heterocycles. The smallest absolute Gasteiger partial charge is 0.144 e. The summed E-state index contributed by atoms with van der Waals surface area (Å²) < 4.78 is 0. The molecule has 44 valence electrons. The van der Waals surface area contributed by atoms with Gasteiger partial charge in [0.25, 0.3) is 0 Å². The summed E-state index contributed by atoms with van der Waals surface area (Å²) in [4.78, 5) is 10.6. The average Bonchev–Trinajstić information content (AvgIpc) is 2.25. The predicted octanol–water partition coefficient (Wildman–Crippen LogP) is 1.40. The minimum absolute atomic E-state index is 0.264. The van der Waals surface area contributed by atoms with E-state index in [4.69, 9.17) is 0 Å². The summed E-state index contributed by atoms with van der Waals surface area (Å²) in [5.41, 5.74) is 0. The Hall–Kier alpha value is -0.590. The first-order valence-electron chi connectivity index (χ1n) is 2.94. The molecule has 1 nitrogen and oxygen atoms in total. The Morgan fingerprint density at radius 2 is 2.12 bits per heavy atom. The highest BCUT2D eigenvalue weighted by atomic mass is 16.1. The second-order valence-corrected chi connectivity index (χ2v) is 2.24. The largest absolute Gasteiger partial charge is 0.299 e. The van der Waals surface area contributed by atoms with Crippen molar-refractivity contribution in [3.05, 3.63) is 12.2 Å². The molecule has 0 aromatic heterocycles. The molecule has 0 bridgehead atoms. The van der Waals surface area contributed by atoms with Gasteiger partial charge in [0.2, 0.25) is 0 Å². The Bertz CT molecular complexity index is 135. The maximum atomic E-state index is 10.6. The van der Waals surface area contributed by atoms with Gasteiger partial charge >= 0.3 is 0 Å². The fourth-order valence-electron chi connectivity index (χ4n) is 0.858. The minimum atomic E-state index is 0.264. The fourth-order valence-corrected chi connectivity index (χ4v) is 0.858. The highest BCUT2D eigenvalue weighted by Gasteiger charge is 2.42. The van der Waals surface area contributed by atoms with Crippen molar-refractivity contribution in [2.45, 2.75) is 13.8 Å². The van der Waals surface area contributed by atoms with E-state index in [-0.39, 0.29) is 5.92 Å². The number of carbonyl (C=O) groups is 1. The molecular formula is C7H10O. The zero-order valence-corrected chi connectivity index (χ0v) is 5.22. The van der Waals surface area contributed by atoms with Crippen LogP contribution < -0.4 is 0 Å². The molecule has 0 radical (unpaired) electrons. The Kier molecular flexibility index (Phi) is 1.20. The number of rotatable bonds is 1. The van der Waals surface area contributed by atoms with Crippen LogP contribution in [-0.2, 0) is 4.79 Å². The van der Waals surface area contributed by atoms with Crippen LogP contribution in [0.1, 0.15) is 13.8 Å². The lowest BCUT2D eigenvalue weighted by atomic mass is 10.3. The molecule has 1 aliphatic rings. The molecule has 0 N–H and O–H groups in total. The molecule has 1 heteroatoms. The summed E-state index contributed by atoms with van der Waals surface area (Å²) in [5.74, 6) is 0.967. The molecule has 2 atom stereocenters. The molecule has 0 amide bonds. The second-order valence-electron chi connectivity index (χ2n) is 2.24. The van der Waals surface area contributed by atoms with Crippen LogP contribution in [0.15, 0.2) is 12.2 Å². The molecule has 0 unspecified atom stereocenters. The molecule has 0 spiro atoms. The molecule has 1 aliphatic carbocycles. The van der Waals surface area contributed by atoms with Crippen LogP contribution in [0.5, 0.6) is 0 Å². The van der Waals surface area contributed by atoms with Crippen molar-refractivity contribution in [1.29, 1.82) is 0 Å². The van der Waals surface area contributed by atoms with Gasteiger partial charge in [-0.2, -0.15) is 0 Å². The van der Waals surface area contributed by atoms with Gasteiger partial charge < -0.3 is 0 Å². The summed E-state index contributed by atoms with van der Waals surface area (Å²) in [6.07, 6.45) is 3.90. The van der Waals surface area contributed by atoms with Gasteiger partial charge in [-0.1, -0.05) is 19.1 Å². The quantitative estimate of drug-likeness (QED) is 0.466. The standard InChI is InChI=1S/C7H10O/c1-3-4-6-5(2)7(6)8/h3-6H,1-2H3/b4-3+/t5-,6-/m0/s1. The highest BCUT2D eigenvalue weighted by Crippen LogP contribution is 2.33. The van der Waals surface area contributed by atoms with Crippen LogP contribution >= 0.6 is 0 Å². The van der Waals surface area contributed by atoms with E-state index in [1.54, 1.807) is 0 Å². The Balaban J connectivity index is 2.45. The molecule has 0 aromatic carbocycles. The molecule has 1 rings (SSSR count). The zero-order valence-electron chi connectivity index (χ0n) is 5.22. The lowest BCUT2D eigenvalue weighted by molar-refractivity contribution is -0.111. The molecule has 0 aliphatic heterocycles. The normalized spacial score (nSPS) is 36.5. The first-order chi connectivity index (χ1) is 3.77. The van der Waals surface area contributed by atoms with Gasteiger partial charge in [-0.25, -0.2) is 0 Å². The molecule has 0 aromatic rings. The van der Waals surface area contributed by atoms with Gasteiger partial charge in [0.15, 0.2) is 0 Å². The van der Waals surface area contributed by atoms with Crippen molar-refractivity contribution < 1.29 is 4.79 Å². The van der Waals surface area contributed by atoms with Gasteiger partial charge in [-0.05, 0) is 6.92 Å². The molecular weight excluding hydrogens is 100 g/mol. The summed E-state index contributed by atoms with van der Waals surface area (Å²) in [6, 6.07) is 0. The number of hydrogen-bond donors (Lipinski definition) is 0. The van der Waals surface area contributed by atoms with Crippen LogP contribution in [0.4, 0.5) is 0 Å². The van der Waals surface area contributed by atoms with Crippen LogP contribution in [0.3, 0.4) is 0 Å². The number of allylic oxidation sites excluding steroid dienone is 2. The van der Waals surface area contributed by atoms with Gasteiger partial charge in [-0.15, -0.1) is 0 Å². The van der Waals surface area contributed by atoms with Crippen LogP contribution in [-0.4, -0.2) is 5.78 Å². The van der Waals surface area contributed by atoms with Crippen molar-refractivity contribution in [3.63, 3.8) is 0 Å². The number of hydrogen-bond acceptors (Lipinski definition) is 1. The number of ketones is 1. The van der Waals surface area contributed by atoms with E-state index in [1.807, 2.05) is 26.0 Å². The topological polar surface area (TPSA) is 17.1 Å². The first-order valence-corrected chi connectivity index (χ1v) is 2.94. The van der Waals surface area contributed by atoms with E-state index < -0.39 is 0 Å². The maximum Gasteiger partial charge on any atom is 0.144 e. The number of carbonyl (C=O) groups excluding carboxylic acids is 1. The number of Topliss-reactive ketones (excluding diaryl/α,β-unsaturated/α-hetero) is 1. The maximum absolute atomic E-state index is 10.6. The van der Waals surface area contributed by atoms with Crippen LogP contribution in [0.25, 0.3) is 0 Å². The predicted molar refractivity (Wildman–Crippen MR) is 32.5 cm³/mol. The second kappa shape index (κ2) is 1.73. The van der Waals surface area contributed by atoms with E-state index in [1.165, 1.54) is 0 Å². The Morgan fingerprint density at radius 3 is 2.25 bits per heavy atom. The summed E-state index contributed by atoms with van der Waals surface area (Å²) in [6.45, 7) is 3.91. The van der Waals surface area contributed by atoms with Crippen molar-refractivity contribution in [3.8, 4) is 0 Å². The van der Waals surface area contributed by atoms with Crippen molar-refractivity contribution in [2.24, 2.45) is 11.8 Å². The van der Waals surface area contributed by atoms with Crippen molar-refractivity contribution >= 4 is 5.78 Å².